The SMILES string of the molecule is CCNC1CCC(C)CC1CN(C)CC(C)(C)O. The predicted molar refractivity (Wildman–Crippen MR) is 77.8 cm³/mol. The van der Waals surface area contributed by atoms with Crippen molar-refractivity contribution in [2.24, 2.45) is 11.8 Å². The molecular weight excluding hydrogens is 224 g/mol. The summed E-state index contributed by atoms with van der Waals surface area (Å²) < 4.78 is 0. The Morgan fingerprint density at radius 3 is 2.56 bits per heavy atom. The van der Waals surface area contributed by atoms with Crippen LogP contribution in [0.15, 0.2) is 0 Å². The molecule has 0 amide bonds. The van der Waals surface area contributed by atoms with Crippen molar-refractivity contribution >= 4 is 0 Å². The summed E-state index contributed by atoms with van der Waals surface area (Å²) in [6.45, 7) is 11.2. The third-order valence-corrected chi connectivity index (χ3v) is 3.91. The van der Waals surface area contributed by atoms with E-state index in [9.17, 15) is 5.11 Å². The topological polar surface area (TPSA) is 35.5 Å². The zero-order valence-corrected chi connectivity index (χ0v) is 12.9. The van der Waals surface area contributed by atoms with Gasteiger partial charge in [-0.15, -0.1) is 0 Å². The van der Waals surface area contributed by atoms with Gasteiger partial charge in [0, 0.05) is 19.1 Å². The highest BCUT2D eigenvalue weighted by molar-refractivity contribution is 4.85. The molecular formula is C15H32N2O. The zero-order valence-electron chi connectivity index (χ0n) is 12.9. The summed E-state index contributed by atoms with van der Waals surface area (Å²) in [4.78, 5) is 2.28. The molecule has 1 aliphatic carbocycles. The quantitative estimate of drug-likeness (QED) is 0.764. The van der Waals surface area contributed by atoms with E-state index < -0.39 is 5.60 Å². The van der Waals surface area contributed by atoms with Gasteiger partial charge in [-0.25, -0.2) is 0 Å². The smallest absolute Gasteiger partial charge is 0.0718 e. The Bertz CT molecular complexity index is 237. The number of hydrogen-bond acceptors (Lipinski definition) is 3. The molecule has 1 fully saturated rings. The van der Waals surface area contributed by atoms with Gasteiger partial charge in [0.05, 0.1) is 5.60 Å². The maximum Gasteiger partial charge on any atom is 0.0718 e. The molecule has 0 bridgehead atoms. The Morgan fingerprint density at radius 1 is 1.33 bits per heavy atom. The predicted octanol–water partition coefficient (Wildman–Crippen LogP) is 2.10. The van der Waals surface area contributed by atoms with E-state index in [0.29, 0.717) is 6.04 Å². The summed E-state index contributed by atoms with van der Waals surface area (Å²) in [6, 6.07) is 0.662. The van der Waals surface area contributed by atoms with Gasteiger partial charge in [-0.3, -0.25) is 0 Å². The van der Waals surface area contributed by atoms with E-state index in [4.69, 9.17) is 0 Å². The van der Waals surface area contributed by atoms with E-state index in [0.717, 1.165) is 31.5 Å². The lowest BCUT2D eigenvalue weighted by Gasteiger charge is -2.38. The fourth-order valence-corrected chi connectivity index (χ4v) is 3.36. The van der Waals surface area contributed by atoms with Crippen LogP contribution in [0.5, 0.6) is 0 Å². The first-order valence-electron chi connectivity index (χ1n) is 7.46. The van der Waals surface area contributed by atoms with Crippen LogP contribution in [-0.4, -0.2) is 48.3 Å². The molecule has 3 unspecified atom stereocenters. The van der Waals surface area contributed by atoms with Crippen molar-refractivity contribution in [3.05, 3.63) is 0 Å². The fraction of sp³-hybridized carbons (Fsp3) is 1.00. The second-order valence-corrected chi connectivity index (χ2v) is 6.85. The van der Waals surface area contributed by atoms with Crippen molar-refractivity contribution in [1.82, 2.24) is 10.2 Å². The second kappa shape index (κ2) is 6.88. The minimum atomic E-state index is -0.595. The second-order valence-electron chi connectivity index (χ2n) is 6.85. The van der Waals surface area contributed by atoms with Crippen molar-refractivity contribution in [2.75, 3.05) is 26.7 Å². The lowest BCUT2D eigenvalue weighted by atomic mass is 9.78. The highest BCUT2D eigenvalue weighted by atomic mass is 16.3. The molecule has 1 aliphatic rings. The van der Waals surface area contributed by atoms with Gasteiger partial charge >= 0.3 is 0 Å². The van der Waals surface area contributed by atoms with E-state index in [2.05, 4.69) is 31.1 Å². The molecule has 0 heterocycles. The molecule has 0 aliphatic heterocycles. The van der Waals surface area contributed by atoms with Gasteiger partial charge in [-0.1, -0.05) is 13.8 Å². The molecule has 0 radical (unpaired) electrons. The van der Waals surface area contributed by atoms with Crippen LogP contribution < -0.4 is 5.32 Å². The van der Waals surface area contributed by atoms with Gasteiger partial charge in [-0.2, -0.15) is 0 Å². The molecule has 0 aromatic carbocycles. The number of nitrogens with zero attached hydrogens (tertiary/aromatic N) is 1. The van der Waals surface area contributed by atoms with Crippen LogP contribution in [-0.2, 0) is 0 Å². The van der Waals surface area contributed by atoms with E-state index in [1.165, 1.54) is 19.3 Å². The first-order chi connectivity index (χ1) is 8.31. The molecule has 108 valence electrons. The van der Waals surface area contributed by atoms with Gasteiger partial charge in [0.1, 0.15) is 0 Å². The summed E-state index contributed by atoms with van der Waals surface area (Å²) in [5, 5.41) is 13.5. The lowest BCUT2D eigenvalue weighted by molar-refractivity contribution is 0.0341. The minimum Gasteiger partial charge on any atom is -0.389 e. The third-order valence-electron chi connectivity index (χ3n) is 3.91. The first-order valence-corrected chi connectivity index (χ1v) is 7.46. The molecule has 1 saturated carbocycles. The molecule has 18 heavy (non-hydrogen) atoms. The Hall–Kier alpha value is -0.120. The summed E-state index contributed by atoms with van der Waals surface area (Å²) in [6.07, 6.45) is 3.97. The lowest BCUT2D eigenvalue weighted by Crippen LogP contribution is -2.47. The third kappa shape index (κ3) is 5.68. The number of nitrogens with one attached hydrogen (secondary N) is 1. The normalized spacial score (nSPS) is 29.8. The number of likely N-dealkylation sites (N-methyl/N-ethyl adjacent to an activating group) is 1. The van der Waals surface area contributed by atoms with Crippen molar-refractivity contribution in [2.45, 2.75) is 58.6 Å². The van der Waals surface area contributed by atoms with E-state index in [1.54, 1.807) is 0 Å². The summed E-state index contributed by atoms with van der Waals surface area (Å²) in [5.74, 6) is 1.57. The fourth-order valence-electron chi connectivity index (χ4n) is 3.36. The van der Waals surface area contributed by atoms with Crippen LogP contribution in [0.25, 0.3) is 0 Å². The number of aliphatic hydroxyl groups is 1. The maximum absolute atomic E-state index is 9.88. The van der Waals surface area contributed by atoms with E-state index in [1.807, 2.05) is 13.8 Å². The van der Waals surface area contributed by atoms with Crippen molar-refractivity contribution in [3.8, 4) is 0 Å². The largest absolute Gasteiger partial charge is 0.389 e. The molecule has 1 rings (SSSR count). The molecule has 2 N–H and O–H groups in total. The van der Waals surface area contributed by atoms with Gasteiger partial charge in [-0.05, 0) is 58.5 Å². The van der Waals surface area contributed by atoms with Crippen molar-refractivity contribution in [1.29, 1.82) is 0 Å². The van der Waals surface area contributed by atoms with E-state index >= 15 is 0 Å². The molecule has 0 aromatic heterocycles. The molecule has 3 atom stereocenters. The zero-order chi connectivity index (χ0) is 13.8. The van der Waals surface area contributed by atoms with Gasteiger partial charge < -0.3 is 15.3 Å². The maximum atomic E-state index is 9.88. The van der Waals surface area contributed by atoms with Crippen LogP contribution >= 0.6 is 0 Å². The first kappa shape index (κ1) is 15.9. The summed E-state index contributed by atoms with van der Waals surface area (Å²) >= 11 is 0. The molecule has 0 aromatic rings. The van der Waals surface area contributed by atoms with Crippen molar-refractivity contribution < 1.29 is 5.11 Å². The van der Waals surface area contributed by atoms with Gasteiger partial charge in [0.25, 0.3) is 0 Å². The molecule has 0 saturated heterocycles. The van der Waals surface area contributed by atoms with Gasteiger partial charge in [0.15, 0.2) is 0 Å². The Morgan fingerprint density at radius 2 is 2.00 bits per heavy atom. The van der Waals surface area contributed by atoms with E-state index in [-0.39, 0.29) is 0 Å². The average molecular weight is 256 g/mol. The molecule has 3 nitrogen and oxygen atoms in total. The Balaban J connectivity index is 2.49. The van der Waals surface area contributed by atoms with Crippen LogP contribution in [0.2, 0.25) is 0 Å². The highest BCUT2D eigenvalue weighted by Crippen LogP contribution is 2.29. The minimum absolute atomic E-state index is 0.595. The van der Waals surface area contributed by atoms with Crippen molar-refractivity contribution in [3.63, 3.8) is 0 Å². The van der Waals surface area contributed by atoms with Crippen LogP contribution in [0, 0.1) is 11.8 Å². The monoisotopic (exact) mass is 256 g/mol. The Kier molecular flexibility index (Phi) is 6.09. The molecule has 3 heteroatoms. The summed E-state index contributed by atoms with van der Waals surface area (Å²) in [5.41, 5.74) is -0.595. The number of rotatable bonds is 6. The van der Waals surface area contributed by atoms with Crippen LogP contribution in [0.1, 0.15) is 47.0 Å². The van der Waals surface area contributed by atoms with Crippen LogP contribution in [0.4, 0.5) is 0 Å². The standard InChI is InChI=1S/C15H32N2O/c1-6-16-14-8-7-12(2)9-13(14)10-17(5)11-15(3,4)18/h12-14,16,18H,6-11H2,1-5H3. The van der Waals surface area contributed by atoms with Gasteiger partial charge in [0.2, 0.25) is 0 Å². The van der Waals surface area contributed by atoms with Crippen LogP contribution in [0.3, 0.4) is 0 Å². The number of hydrogen-bond donors (Lipinski definition) is 2. The Labute approximate surface area is 113 Å². The highest BCUT2D eigenvalue weighted by Gasteiger charge is 2.29. The summed E-state index contributed by atoms with van der Waals surface area (Å²) in [7, 11) is 2.13. The average Bonchev–Trinajstić information content (AvgIpc) is 2.19. The molecule has 0 spiro atoms.